The van der Waals surface area contributed by atoms with Gasteiger partial charge in [-0.3, -0.25) is 4.90 Å². The van der Waals surface area contributed by atoms with Crippen LogP contribution in [0.1, 0.15) is 5.56 Å². The van der Waals surface area contributed by atoms with Crippen molar-refractivity contribution >= 4 is 17.5 Å². The average molecular weight is 314 g/mol. The van der Waals surface area contributed by atoms with Crippen LogP contribution in [-0.4, -0.2) is 48.2 Å². The minimum Gasteiger partial charge on any atom is -0.497 e. The van der Waals surface area contributed by atoms with Crippen molar-refractivity contribution in [3.8, 4) is 5.75 Å². The molecule has 0 atom stereocenters. The second kappa shape index (κ2) is 6.70. The van der Waals surface area contributed by atoms with Gasteiger partial charge in [-0.25, -0.2) is 4.98 Å². The summed E-state index contributed by atoms with van der Waals surface area (Å²) in [6.45, 7) is 4.64. The molecule has 0 radical (unpaired) electrons. The Balaban J connectivity index is 1.57. The summed E-state index contributed by atoms with van der Waals surface area (Å²) >= 11 is 0. The van der Waals surface area contributed by atoms with Gasteiger partial charge < -0.3 is 21.1 Å². The Kier molecular flexibility index (Phi) is 4.47. The summed E-state index contributed by atoms with van der Waals surface area (Å²) in [7, 11) is 1.68. The maximum Gasteiger partial charge on any atom is 0.221 e. The van der Waals surface area contributed by atoms with Crippen molar-refractivity contribution in [2.45, 2.75) is 6.54 Å². The second-order valence-electron chi connectivity index (χ2n) is 5.60. The number of ether oxygens (including phenoxy) is 1. The summed E-state index contributed by atoms with van der Waals surface area (Å²) in [5.41, 5.74) is 13.6. The zero-order chi connectivity index (χ0) is 16.2. The zero-order valence-corrected chi connectivity index (χ0v) is 13.3. The number of anilines is 3. The maximum atomic E-state index is 5.90. The van der Waals surface area contributed by atoms with Gasteiger partial charge in [0.25, 0.3) is 0 Å². The molecule has 2 heterocycles. The van der Waals surface area contributed by atoms with Crippen LogP contribution in [0.15, 0.2) is 30.5 Å². The largest absolute Gasteiger partial charge is 0.497 e. The predicted octanol–water partition coefficient (Wildman–Crippen LogP) is 0.972. The minimum absolute atomic E-state index is 0.218. The molecule has 4 N–H and O–H groups in total. The topological polar surface area (TPSA) is 93.5 Å². The molecule has 23 heavy (non-hydrogen) atoms. The Morgan fingerprint density at radius 3 is 2.39 bits per heavy atom. The van der Waals surface area contributed by atoms with Crippen molar-refractivity contribution in [1.82, 2.24) is 14.9 Å². The molecule has 1 aliphatic rings. The number of rotatable bonds is 4. The molecule has 1 aromatic carbocycles. The van der Waals surface area contributed by atoms with Crippen molar-refractivity contribution in [2.75, 3.05) is 49.7 Å². The normalized spacial score (nSPS) is 15.6. The van der Waals surface area contributed by atoms with Crippen molar-refractivity contribution in [2.24, 2.45) is 0 Å². The highest BCUT2D eigenvalue weighted by Gasteiger charge is 2.18. The van der Waals surface area contributed by atoms with Crippen LogP contribution < -0.4 is 21.1 Å². The Morgan fingerprint density at radius 1 is 1.09 bits per heavy atom. The van der Waals surface area contributed by atoms with E-state index in [9.17, 15) is 0 Å². The van der Waals surface area contributed by atoms with E-state index < -0.39 is 0 Å². The molecule has 7 nitrogen and oxygen atoms in total. The van der Waals surface area contributed by atoms with Gasteiger partial charge in [-0.2, -0.15) is 4.98 Å². The number of hydrogen-bond acceptors (Lipinski definition) is 7. The first-order valence-corrected chi connectivity index (χ1v) is 7.64. The van der Waals surface area contributed by atoms with Gasteiger partial charge in [0.1, 0.15) is 11.6 Å². The quantitative estimate of drug-likeness (QED) is 0.868. The van der Waals surface area contributed by atoms with Crippen LogP contribution in [0.5, 0.6) is 5.75 Å². The summed E-state index contributed by atoms with van der Waals surface area (Å²) in [6, 6.07) is 8.18. The van der Waals surface area contributed by atoms with Crippen LogP contribution in [0.4, 0.5) is 17.5 Å². The van der Waals surface area contributed by atoms with E-state index in [4.69, 9.17) is 16.2 Å². The Labute approximate surface area is 135 Å². The van der Waals surface area contributed by atoms with E-state index in [0.717, 1.165) is 44.0 Å². The fourth-order valence-electron chi connectivity index (χ4n) is 2.75. The van der Waals surface area contributed by atoms with Crippen LogP contribution >= 0.6 is 0 Å². The van der Waals surface area contributed by atoms with Crippen molar-refractivity contribution in [1.29, 1.82) is 0 Å². The molecular formula is C16H22N6O. The number of nitrogen functional groups attached to an aromatic ring is 2. The smallest absolute Gasteiger partial charge is 0.221 e. The van der Waals surface area contributed by atoms with Gasteiger partial charge in [-0.1, -0.05) is 0 Å². The number of hydrogen-bond donors (Lipinski definition) is 2. The first kappa shape index (κ1) is 15.4. The third-order valence-corrected chi connectivity index (χ3v) is 4.12. The molecule has 0 bridgehead atoms. The molecule has 1 fully saturated rings. The highest BCUT2D eigenvalue weighted by molar-refractivity contribution is 5.49. The first-order valence-electron chi connectivity index (χ1n) is 7.64. The van der Waals surface area contributed by atoms with Gasteiger partial charge in [0.2, 0.25) is 5.95 Å². The molecule has 1 saturated heterocycles. The van der Waals surface area contributed by atoms with E-state index in [1.54, 1.807) is 13.3 Å². The molecule has 1 aliphatic heterocycles. The molecule has 7 heteroatoms. The van der Waals surface area contributed by atoms with Crippen LogP contribution in [0.2, 0.25) is 0 Å². The van der Waals surface area contributed by atoms with E-state index in [1.807, 2.05) is 12.1 Å². The van der Waals surface area contributed by atoms with Crippen LogP contribution in [-0.2, 0) is 6.54 Å². The van der Waals surface area contributed by atoms with Crippen LogP contribution in [0.3, 0.4) is 0 Å². The van der Waals surface area contributed by atoms with E-state index in [-0.39, 0.29) is 5.95 Å². The maximum absolute atomic E-state index is 5.90. The van der Waals surface area contributed by atoms with Gasteiger partial charge in [0.05, 0.1) is 7.11 Å². The summed E-state index contributed by atoms with van der Waals surface area (Å²) in [4.78, 5) is 12.8. The van der Waals surface area contributed by atoms with E-state index >= 15 is 0 Å². The molecular weight excluding hydrogens is 292 g/mol. The fraction of sp³-hybridized carbons (Fsp3) is 0.375. The van der Waals surface area contributed by atoms with E-state index in [1.165, 1.54) is 5.69 Å². The minimum atomic E-state index is 0.218. The van der Waals surface area contributed by atoms with Gasteiger partial charge in [0.15, 0.2) is 0 Å². The summed E-state index contributed by atoms with van der Waals surface area (Å²) < 4.78 is 5.20. The van der Waals surface area contributed by atoms with E-state index in [0.29, 0.717) is 5.82 Å². The standard InChI is InChI=1S/C16H22N6O/c1-23-14-4-2-13(3-5-14)22-8-6-21(7-9-22)11-12-10-19-16(18)20-15(12)17/h2-5,10H,6-9,11H2,1H3,(H4,17,18,19,20). The highest BCUT2D eigenvalue weighted by atomic mass is 16.5. The Morgan fingerprint density at radius 2 is 1.78 bits per heavy atom. The van der Waals surface area contributed by atoms with E-state index in [2.05, 4.69) is 31.9 Å². The summed E-state index contributed by atoms with van der Waals surface area (Å²) in [5, 5.41) is 0. The monoisotopic (exact) mass is 314 g/mol. The number of nitrogens with two attached hydrogens (primary N) is 2. The molecule has 122 valence electrons. The molecule has 0 aliphatic carbocycles. The van der Waals surface area contributed by atoms with Gasteiger partial charge >= 0.3 is 0 Å². The predicted molar refractivity (Wildman–Crippen MR) is 91.3 cm³/mol. The average Bonchev–Trinajstić information content (AvgIpc) is 2.58. The molecule has 0 unspecified atom stereocenters. The number of nitrogens with zero attached hydrogens (tertiary/aromatic N) is 4. The molecule has 2 aromatic rings. The summed E-state index contributed by atoms with van der Waals surface area (Å²) in [6.07, 6.45) is 1.72. The second-order valence-corrected chi connectivity index (χ2v) is 5.60. The lowest BCUT2D eigenvalue weighted by atomic mass is 10.2. The van der Waals surface area contributed by atoms with Crippen molar-refractivity contribution < 1.29 is 4.74 Å². The number of aromatic nitrogens is 2. The van der Waals surface area contributed by atoms with Gasteiger partial charge in [-0.15, -0.1) is 0 Å². The third-order valence-electron chi connectivity index (χ3n) is 4.12. The number of benzene rings is 1. The molecule has 0 amide bonds. The SMILES string of the molecule is COc1ccc(N2CCN(Cc3cnc(N)nc3N)CC2)cc1. The lowest BCUT2D eigenvalue weighted by Crippen LogP contribution is -2.46. The first-order chi connectivity index (χ1) is 11.2. The molecule has 0 saturated carbocycles. The van der Waals surface area contributed by atoms with Crippen LogP contribution in [0, 0.1) is 0 Å². The molecule has 3 rings (SSSR count). The fourth-order valence-corrected chi connectivity index (χ4v) is 2.75. The van der Waals surface area contributed by atoms with Crippen molar-refractivity contribution in [3.05, 3.63) is 36.0 Å². The molecule has 0 spiro atoms. The van der Waals surface area contributed by atoms with Crippen LogP contribution in [0.25, 0.3) is 0 Å². The van der Waals surface area contributed by atoms with Gasteiger partial charge in [0, 0.05) is 50.2 Å². The zero-order valence-electron chi connectivity index (χ0n) is 13.3. The highest BCUT2D eigenvalue weighted by Crippen LogP contribution is 2.21. The lowest BCUT2D eigenvalue weighted by molar-refractivity contribution is 0.250. The number of methoxy groups -OCH3 is 1. The number of piperazine rings is 1. The Hall–Kier alpha value is -2.54. The summed E-state index contributed by atoms with van der Waals surface area (Å²) in [5.74, 6) is 1.57. The lowest BCUT2D eigenvalue weighted by Gasteiger charge is -2.36. The third kappa shape index (κ3) is 3.62. The van der Waals surface area contributed by atoms with Gasteiger partial charge in [-0.05, 0) is 24.3 Å². The van der Waals surface area contributed by atoms with Crippen molar-refractivity contribution in [3.63, 3.8) is 0 Å². The Bertz CT molecular complexity index is 652. The molecule has 1 aromatic heterocycles.